The highest BCUT2D eigenvalue weighted by atomic mass is 32.2. The summed E-state index contributed by atoms with van der Waals surface area (Å²) in [7, 11) is -1.87. The molecule has 0 amide bonds. The standard InChI is InChI=1S/C11H14N4O2S/c1-15-11(10(12)7-13-15)14-18(16,17)8-9-5-3-2-4-6-9/h2-7,14H,8,12H2,1H3. The zero-order valence-corrected chi connectivity index (χ0v) is 10.7. The minimum atomic E-state index is -3.49. The number of aryl methyl sites for hydroxylation is 1. The SMILES string of the molecule is Cn1ncc(N)c1NS(=O)(=O)Cc1ccccc1. The Morgan fingerprint density at radius 2 is 2.00 bits per heavy atom. The van der Waals surface area contributed by atoms with Gasteiger partial charge in [-0.15, -0.1) is 0 Å². The van der Waals surface area contributed by atoms with E-state index in [1.807, 2.05) is 6.07 Å². The van der Waals surface area contributed by atoms with Crippen LogP contribution in [0.4, 0.5) is 11.5 Å². The number of rotatable bonds is 4. The fraction of sp³-hybridized carbons (Fsp3) is 0.182. The number of nitrogens with one attached hydrogen (secondary N) is 1. The highest BCUT2D eigenvalue weighted by molar-refractivity contribution is 7.91. The van der Waals surface area contributed by atoms with Crippen LogP contribution in [0.5, 0.6) is 0 Å². The highest BCUT2D eigenvalue weighted by Gasteiger charge is 2.15. The van der Waals surface area contributed by atoms with Crippen LogP contribution >= 0.6 is 0 Å². The summed E-state index contributed by atoms with van der Waals surface area (Å²) in [5.41, 5.74) is 6.65. The monoisotopic (exact) mass is 266 g/mol. The Hall–Kier alpha value is -2.02. The first-order valence-electron chi connectivity index (χ1n) is 5.30. The molecule has 0 unspecified atom stereocenters. The molecule has 6 nitrogen and oxygen atoms in total. The van der Waals surface area contributed by atoms with Gasteiger partial charge in [0.2, 0.25) is 10.0 Å². The van der Waals surface area contributed by atoms with E-state index < -0.39 is 10.0 Å². The molecule has 0 spiro atoms. The number of hydrogen-bond donors (Lipinski definition) is 2. The van der Waals surface area contributed by atoms with E-state index in [4.69, 9.17) is 5.73 Å². The van der Waals surface area contributed by atoms with Crippen LogP contribution in [0.25, 0.3) is 0 Å². The third-order valence-electron chi connectivity index (χ3n) is 2.42. The van der Waals surface area contributed by atoms with E-state index in [2.05, 4.69) is 9.82 Å². The molecule has 0 saturated heterocycles. The van der Waals surface area contributed by atoms with Gasteiger partial charge in [-0.2, -0.15) is 5.10 Å². The summed E-state index contributed by atoms with van der Waals surface area (Å²) in [6.07, 6.45) is 1.40. The zero-order valence-electron chi connectivity index (χ0n) is 9.87. The lowest BCUT2D eigenvalue weighted by atomic mass is 10.2. The van der Waals surface area contributed by atoms with Crippen LogP contribution in [0.3, 0.4) is 0 Å². The Morgan fingerprint density at radius 1 is 1.33 bits per heavy atom. The van der Waals surface area contributed by atoms with Gasteiger partial charge in [-0.1, -0.05) is 30.3 Å². The van der Waals surface area contributed by atoms with Crippen LogP contribution in [0.2, 0.25) is 0 Å². The Morgan fingerprint density at radius 3 is 2.56 bits per heavy atom. The Balaban J connectivity index is 2.18. The lowest BCUT2D eigenvalue weighted by Gasteiger charge is -2.09. The fourth-order valence-electron chi connectivity index (χ4n) is 1.56. The molecular weight excluding hydrogens is 252 g/mol. The van der Waals surface area contributed by atoms with E-state index in [1.54, 1.807) is 31.3 Å². The lowest BCUT2D eigenvalue weighted by Crippen LogP contribution is -2.18. The second-order valence-electron chi connectivity index (χ2n) is 3.92. The minimum Gasteiger partial charge on any atom is -0.394 e. The van der Waals surface area contributed by atoms with Gasteiger partial charge in [0.25, 0.3) is 0 Å². The summed E-state index contributed by atoms with van der Waals surface area (Å²) in [6, 6.07) is 8.94. The molecule has 2 rings (SSSR count). The van der Waals surface area contributed by atoms with Gasteiger partial charge >= 0.3 is 0 Å². The maximum atomic E-state index is 12.0. The smallest absolute Gasteiger partial charge is 0.238 e. The molecule has 0 bridgehead atoms. The first kappa shape index (κ1) is 12.4. The Labute approximate surface area is 105 Å². The molecule has 2 aromatic rings. The van der Waals surface area contributed by atoms with Crippen LogP contribution in [-0.2, 0) is 22.8 Å². The molecule has 18 heavy (non-hydrogen) atoms. The van der Waals surface area contributed by atoms with Crippen LogP contribution in [0, 0.1) is 0 Å². The number of sulfonamides is 1. The molecule has 0 aliphatic rings. The number of aromatic nitrogens is 2. The molecule has 1 aromatic carbocycles. The molecule has 96 valence electrons. The van der Waals surface area contributed by atoms with Gasteiger partial charge in [0, 0.05) is 7.05 Å². The summed E-state index contributed by atoms with van der Waals surface area (Å²) in [5.74, 6) is 0.185. The minimum absolute atomic E-state index is 0.0988. The number of hydrogen-bond acceptors (Lipinski definition) is 4. The van der Waals surface area contributed by atoms with E-state index in [-0.39, 0.29) is 11.6 Å². The van der Waals surface area contributed by atoms with Gasteiger partial charge in [-0.3, -0.25) is 9.40 Å². The molecule has 7 heteroatoms. The van der Waals surface area contributed by atoms with Crippen molar-refractivity contribution in [3.8, 4) is 0 Å². The largest absolute Gasteiger partial charge is 0.394 e. The van der Waals surface area contributed by atoms with E-state index in [0.717, 1.165) is 0 Å². The first-order chi connectivity index (χ1) is 8.48. The van der Waals surface area contributed by atoms with Crippen molar-refractivity contribution in [3.05, 3.63) is 42.1 Å². The average Bonchev–Trinajstić information content (AvgIpc) is 2.61. The molecule has 0 radical (unpaired) electrons. The van der Waals surface area contributed by atoms with Gasteiger partial charge in [-0.05, 0) is 5.56 Å². The molecular formula is C11H14N4O2S. The maximum Gasteiger partial charge on any atom is 0.238 e. The quantitative estimate of drug-likeness (QED) is 0.862. The molecule has 0 aliphatic carbocycles. The number of benzene rings is 1. The Kier molecular flexibility index (Phi) is 3.24. The number of nitrogens with two attached hydrogens (primary N) is 1. The highest BCUT2D eigenvalue weighted by Crippen LogP contribution is 2.18. The number of nitrogens with zero attached hydrogens (tertiary/aromatic N) is 2. The van der Waals surface area contributed by atoms with Gasteiger partial charge in [0.15, 0.2) is 5.82 Å². The van der Waals surface area contributed by atoms with Gasteiger partial charge in [0.05, 0.1) is 17.6 Å². The summed E-state index contributed by atoms with van der Waals surface area (Å²) < 4.78 is 27.7. The van der Waals surface area contributed by atoms with Gasteiger partial charge < -0.3 is 5.73 Å². The van der Waals surface area contributed by atoms with Crippen LogP contribution in [0.15, 0.2) is 36.5 Å². The van der Waals surface area contributed by atoms with Crippen molar-refractivity contribution in [3.63, 3.8) is 0 Å². The normalized spacial score (nSPS) is 11.4. The van der Waals surface area contributed by atoms with E-state index >= 15 is 0 Å². The van der Waals surface area contributed by atoms with Crippen molar-refractivity contribution in [2.75, 3.05) is 10.5 Å². The Bertz CT molecular complexity index is 615. The van der Waals surface area contributed by atoms with Crippen molar-refractivity contribution in [1.82, 2.24) is 9.78 Å². The van der Waals surface area contributed by atoms with Crippen molar-refractivity contribution >= 4 is 21.5 Å². The molecule has 0 atom stereocenters. The third kappa shape index (κ3) is 2.80. The molecule has 1 aromatic heterocycles. The van der Waals surface area contributed by atoms with Crippen molar-refractivity contribution in [2.24, 2.45) is 7.05 Å². The van der Waals surface area contributed by atoms with E-state index in [9.17, 15) is 8.42 Å². The van der Waals surface area contributed by atoms with Crippen molar-refractivity contribution < 1.29 is 8.42 Å². The summed E-state index contributed by atoms with van der Waals surface area (Å²) >= 11 is 0. The van der Waals surface area contributed by atoms with Crippen LogP contribution < -0.4 is 10.5 Å². The third-order valence-corrected chi connectivity index (χ3v) is 3.64. The molecule has 0 fully saturated rings. The summed E-state index contributed by atoms with van der Waals surface area (Å²) in [6.45, 7) is 0. The van der Waals surface area contributed by atoms with Crippen molar-refractivity contribution in [1.29, 1.82) is 0 Å². The maximum absolute atomic E-state index is 12.0. The van der Waals surface area contributed by atoms with E-state index in [0.29, 0.717) is 11.3 Å². The van der Waals surface area contributed by atoms with Gasteiger partial charge in [-0.25, -0.2) is 8.42 Å². The first-order valence-corrected chi connectivity index (χ1v) is 6.95. The predicted molar refractivity (Wildman–Crippen MR) is 70.3 cm³/mol. The average molecular weight is 266 g/mol. The fourth-order valence-corrected chi connectivity index (χ4v) is 2.80. The molecule has 0 aliphatic heterocycles. The summed E-state index contributed by atoms with van der Waals surface area (Å²) in [4.78, 5) is 0. The second-order valence-corrected chi connectivity index (χ2v) is 5.64. The van der Waals surface area contributed by atoms with Gasteiger partial charge in [0.1, 0.15) is 0 Å². The summed E-state index contributed by atoms with van der Waals surface area (Å²) in [5, 5.41) is 3.87. The molecule has 0 saturated carbocycles. The van der Waals surface area contributed by atoms with Crippen molar-refractivity contribution in [2.45, 2.75) is 5.75 Å². The number of anilines is 2. The molecule has 1 heterocycles. The van der Waals surface area contributed by atoms with Crippen LogP contribution in [0.1, 0.15) is 5.56 Å². The zero-order chi connectivity index (χ0) is 13.2. The second kappa shape index (κ2) is 4.69. The van der Waals surface area contributed by atoms with Crippen LogP contribution in [-0.4, -0.2) is 18.2 Å². The number of nitrogen functional groups attached to an aromatic ring is 1. The predicted octanol–water partition coefficient (Wildman–Crippen LogP) is 0.944. The topological polar surface area (TPSA) is 90.0 Å². The molecule has 3 N–H and O–H groups in total. The van der Waals surface area contributed by atoms with E-state index in [1.165, 1.54) is 10.9 Å². The lowest BCUT2D eigenvalue weighted by molar-refractivity contribution is 0.599.